The third-order valence-electron chi connectivity index (χ3n) is 2.01. The topological polar surface area (TPSA) is 74.6 Å². The van der Waals surface area contributed by atoms with Gasteiger partial charge >= 0.3 is 10.4 Å². The zero-order chi connectivity index (χ0) is 12.2. The standard InChI is InChI=1S/C11H10.H2O4S/c1-9-5-4-7-10-6-2-3-8-11(9)10;1-5(2,3)4/h2-8H,1H3;(H2,1,2,3,4). The Morgan fingerprint density at radius 2 is 1.44 bits per heavy atom. The van der Waals surface area contributed by atoms with E-state index in [1.165, 1.54) is 16.3 Å². The molecule has 16 heavy (non-hydrogen) atoms. The van der Waals surface area contributed by atoms with E-state index in [1.54, 1.807) is 0 Å². The van der Waals surface area contributed by atoms with Crippen LogP contribution in [0.4, 0.5) is 0 Å². The number of fused-ring (bicyclic) bond motifs is 1. The third kappa shape index (κ3) is 4.39. The Labute approximate surface area is 94.1 Å². The van der Waals surface area contributed by atoms with Crippen LogP contribution in [0.1, 0.15) is 5.56 Å². The number of hydrogen-bond acceptors (Lipinski definition) is 2. The summed E-state index contributed by atoms with van der Waals surface area (Å²) in [4.78, 5) is 0. The SMILES string of the molecule is Cc1cccc2ccccc12.O=S(=O)(O)O. The van der Waals surface area contributed by atoms with Crippen LogP contribution < -0.4 is 0 Å². The van der Waals surface area contributed by atoms with Gasteiger partial charge in [-0.3, -0.25) is 9.11 Å². The minimum Gasteiger partial charge on any atom is -0.264 e. The van der Waals surface area contributed by atoms with E-state index < -0.39 is 10.4 Å². The fraction of sp³-hybridized carbons (Fsp3) is 0.0909. The highest BCUT2D eigenvalue weighted by atomic mass is 32.3. The Kier molecular flexibility index (Phi) is 4.00. The van der Waals surface area contributed by atoms with Crippen LogP contribution in [-0.4, -0.2) is 17.5 Å². The highest BCUT2D eigenvalue weighted by Gasteiger charge is 1.92. The summed E-state index contributed by atoms with van der Waals surface area (Å²) < 4.78 is 31.6. The quantitative estimate of drug-likeness (QED) is 0.694. The Morgan fingerprint density at radius 3 is 2.00 bits per heavy atom. The molecule has 0 aromatic heterocycles. The highest BCUT2D eigenvalue weighted by Crippen LogP contribution is 2.16. The molecular formula is C11H12O4S. The van der Waals surface area contributed by atoms with Crippen LogP contribution in [0, 0.1) is 6.92 Å². The fourth-order valence-electron chi connectivity index (χ4n) is 1.39. The van der Waals surface area contributed by atoms with E-state index in [9.17, 15) is 0 Å². The predicted octanol–water partition coefficient (Wildman–Crippen LogP) is 2.50. The third-order valence-corrected chi connectivity index (χ3v) is 2.01. The Hall–Kier alpha value is -1.43. The fourth-order valence-corrected chi connectivity index (χ4v) is 1.39. The average molecular weight is 240 g/mol. The molecule has 0 unspecified atom stereocenters. The van der Waals surface area contributed by atoms with Gasteiger partial charge in [0, 0.05) is 0 Å². The first-order chi connectivity index (χ1) is 7.38. The van der Waals surface area contributed by atoms with Crippen molar-refractivity contribution in [1.82, 2.24) is 0 Å². The van der Waals surface area contributed by atoms with E-state index in [0.717, 1.165) is 0 Å². The number of rotatable bonds is 0. The summed E-state index contributed by atoms with van der Waals surface area (Å²) >= 11 is 0. The van der Waals surface area contributed by atoms with Gasteiger partial charge in [-0.1, -0.05) is 42.5 Å². The molecule has 0 atom stereocenters. The molecule has 86 valence electrons. The second-order valence-corrected chi connectivity index (χ2v) is 4.14. The largest absolute Gasteiger partial charge is 0.394 e. The van der Waals surface area contributed by atoms with Crippen LogP contribution in [0.2, 0.25) is 0 Å². The van der Waals surface area contributed by atoms with Crippen molar-refractivity contribution < 1.29 is 17.5 Å². The van der Waals surface area contributed by atoms with Crippen LogP contribution in [0.3, 0.4) is 0 Å². The zero-order valence-corrected chi connectivity index (χ0v) is 9.48. The van der Waals surface area contributed by atoms with Crippen molar-refractivity contribution in [2.75, 3.05) is 0 Å². The van der Waals surface area contributed by atoms with Crippen molar-refractivity contribution in [3.63, 3.8) is 0 Å². The maximum absolute atomic E-state index is 8.74. The highest BCUT2D eigenvalue weighted by molar-refractivity contribution is 7.79. The molecule has 0 saturated heterocycles. The monoisotopic (exact) mass is 240 g/mol. The van der Waals surface area contributed by atoms with Crippen molar-refractivity contribution in [2.24, 2.45) is 0 Å². The molecule has 0 saturated carbocycles. The molecular weight excluding hydrogens is 228 g/mol. The summed E-state index contributed by atoms with van der Waals surface area (Å²) in [6, 6.07) is 14.8. The van der Waals surface area contributed by atoms with Crippen LogP contribution in [0.5, 0.6) is 0 Å². The molecule has 5 heteroatoms. The first-order valence-electron chi connectivity index (χ1n) is 4.52. The van der Waals surface area contributed by atoms with E-state index in [-0.39, 0.29) is 0 Å². The van der Waals surface area contributed by atoms with Gasteiger partial charge in [0.1, 0.15) is 0 Å². The molecule has 4 nitrogen and oxygen atoms in total. The van der Waals surface area contributed by atoms with Crippen LogP contribution in [0.25, 0.3) is 10.8 Å². The van der Waals surface area contributed by atoms with E-state index in [0.29, 0.717) is 0 Å². The normalized spacial score (nSPS) is 10.7. The summed E-state index contributed by atoms with van der Waals surface area (Å²) in [6.45, 7) is 2.14. The molecule has 0 radical (unpaired) electrons. The maximum atomic E-state index is 8.74. The minimum atomic E-state index is -4.67. The molecule has 2 N–H and O–H groups in total. The van der Waals surface area contributed by atoms with E-state index >= 15 is 0 Å². The number of hydrogen-bond donors (Lipinski definition) is 2. The van der Waals surface area contributed by atoms with Gasteiger partial charge in [0.2, 0.25) is 0 Å². The molecule has 0 aliphatic rings. The number of benzene rings is 2. The van der Waals surface area contributed by atoms with Crippen LogP contribution in [0.15, 0.2) is 42.5 Å². The zero-order valence-electron chi connectivity index (χ0n) is 8.66. The molecule has 2 rings (SSSR count). The lowest BCUT2D eigenvalue weighted by Gasteiger charge is -1.98. The van der Waals surface area contributed by atoms with Gasteiger partial charge in [-0.25, -0.2) is 0 Å². The summed E-state index contributed by atoms with van der Waals surface area (Å²) in [5.41, 5.74) is 1.35. The van der Waals surface area contributed by atoms with Crippen molar-refractivity contribution in [1.29, 1.82) is 0 Å². The van der Waals surface area contributed by atoms with Gasteiger partial charge in [-0.05, 0) is 23.3 Å². The van der Waals surface area contributed by atoms with E-state index in [2.05, 4.69) is 49.4 Å². The molecule has 0 bridgehead atoms. The summed E-state index contributed by atoms with van der Waals surface area (Å²) in [6.07, 6.45) is 0. The summed E-state index contributed by atoms with van der Waals surface area (Å²) in [7, 11) is -4.67. The van der Waals surface area contributed by atoms with Gasteiger partial charge in [0.25, 0.3) is 0 Å². The predicted molar refractivity (Wildman–Crippen MR) is 62.9 cm³/mol. The first-order valence-corrected chi connectivity index (χ1v) is 5.92. The molecule has 0 fully saturated rings. The van der Waals surface area contributed by atoms with Gasteiger partial charge in [0.15, 0.2) is 0 Å². The maximum Gasteiger partial charge on any atom is 0.394 e. The van der Waals surface area contributed by atoms with Crippen LogP contribution >= 0.6 is 0 Å². The summed E-state index contributed by atoms with van der Waals surface area (Å²) in [5.74, 6) is 0. The molecule has 2 aromatic carbocycles. The van der Waals surface area contributed by atoms with Crippen molar-refractivity contribution in [2.45, 2.75) is 6.92 Å². The van der Waals surface area contributed by atoms with E-state index in [4.69, 9.17) is 17.5 Å². The second kappa shape index (κ2) is 5.07. The van der Waals surface area contributed by atoms with Crippen molar-refractivity contribution in [3.8, 4) is 0 Å². The van der Waals surface area contributed by atoms with Crippen LogP contribution in [-0.2, 0) is 10.4 Å². The lowest BCUT2D eigenvalue weighted by atomic mass is 10.1. The Bertz CT molecular complexity index is 562. The van der Waals surface area contributed by atoms with Crippen molar-refractivity contribution >= 4 is 21.2 Å². The smallest absolute Gasteiger partial charge is 0.264 e. The van der Waals surface area contributed by atoms with Crippen molar-refractivity contribution in [3.05, 3.63) is 48.0 Å². The second-order valence-electron chi connectivity index (χ2n) is 3.24. The van der Waals surface area contributed by atoms with Gasteiger partial charge < -0.3 is 0 Å². The molecule has 0 aliphatic carbocycles. The molecule has 0 spiro atoms. The van der Waals surface area contributed by atoms with Gasteiger partial charge in [0.05, 0.1) is 0 Å². The average Bonchev–Trinajstić information content (AvgIpc) is 2.16. The molecule has 2 aromatic rings. The Morgan fingerprint density at radius 1 is 0.938 bits per heavy atom. The van der Waals surface area contributed by atoms with E-state index in [1.807, 2.05) is 0 Å². The number of aryl methyl sites for hydroxylation is 1. The lowest BCUT2D eigenvalue weighted by molar-refractivity contribution is 0.381. The van der Waals surface area contributed by atoms with Gasteiger partial charge in [-0.2, -0.15) is 8.42 Å². The van der Waals surface area contributed by atoms with Gasteiger partial charge in [-0.15, -0.1) is 0 Å². The molecule has 0 aliphatic heterocycles. The minimum absolute atomic E-state index is 1.33. The summed E-state index contributed by atoms with van der Waals surface area (Å²) in [5, 5.41) is 2.68. The lowest BCUT2D eigenvalue weighted by Crippen LogP contribution is -1.89. The Balaban J connectivity index is 0.000000221. The molecule has 0 amide bonds. The molecule has 0 heterocycles. The first kappa shape index (κ1) is 12.6.